The van der Waals surface area contributed by atoms with Gasteiger partial charge >= 0.3 is 0 Å². The van der Waals surface area contributed by atoms with Crippen molar-refractivity contribution < 1.29 is 19.8 Å². The summed E-state index contributed by atoms with van der Waals surface area (Å²) in [6, 6.07) is 33.3. The highest BCUT2D eigenvalue weighted by atomic mass is 35.5. The maximum Gasteiger partial charge on any atom is 0.268 e. The summed E-state index contributed by atoms with van der Waals surface area (Å²) in [5.74, 6) is 6.53. The van der Waals surface area contributed by atoms with Gasteiger partial charge in [0, 0.05) is 73.3 Å². The Kier molecular flexibility index (Phi) is 22.9. The highest BCUT2D eigenvalue weighted by Gasteiger charge is 2.29. The van der Waals surface area contributed by atoms with Crippen molar-refractivity contribution >= 4 is 64.0 Å². The predicted octanol–water partition coefficient (Wildman–Crippen LogP) is 10.3. The van der Waals surface area contributed by atoms with Crippen LogP contribution < -0.4 is 32.4 Å². The average molecular weight is 1200 g/mol. The Labute approximate surface area is 508 Å². The number of nitrogens with one attached hydrogen (secondary N) is 8. The summed E-state index contributed by atoms with van der Waals surface area (Å²) in [6.45, 7) is 13.3. The van der Waals surface area contributed by atoms with Crippen LogP contribution in [0.5, 0.6) is 0 Å². The number of nitrogens with two attached hydrogens (primary N) is 1. The van der Waals surface area contributed by atoms with Crippen LogP contribution in [0.2, 0.25) is 10.0 Å². The van der Waals surface area contributed by atoms with Crippen molar-refractivity contribution in [1.82, 2.24) is 60.7 Å². The zero-order valence-corrected chi connectivity index (χ0v) is 52.5. The highest BCUT2D eigenvalue weighted by Crippen LogP contribution is 2.42. The van der Waals surface area contributed by atoms with E-state index in [1.165, 1.54) is 5.01 Å². The maximum atomic E-state index is 13.1. The molecule has 0 radical (unpaired) electrons. The van der Waals surface area contributed by atoms with Crippen molar-refractivity contribution in [2.45, 2.75) is 77.8 Å². The summed E-state index contributed by atoms with van der Waals surface area (Å²) in [4.78, 5) is 36.3. The first kappa shape index (κ1) is 65.6. The first-order valence-corrected chi connectivity index (χ1v) is 28.5. The van der Waals surface area contributed by atoms with Gasteiger partial charge in [-0.05, 0) is 140 Å². The smallest absolute Gasteiger partial charge is 0.268 e. The monoisotopic (exact) mass is 1200 g/mol. The van der Waals surface area contributed by atoms with Crippen LogP contribution in [-0.4, -0.2) is 140 Å². The molecule has 448 valence electrons. The normalized spacial score (nSPS) is 12.1. The third-order valence-electron chi connectivity index (χ3n) is 13.4. The molecule has 22 heteroatoms. The summed E-state index contributed by atoms with van der Waals surface area (Å²) >= 11 is 18.2. The number of aliphatic hydroxyl groups is 2. The minimum Gasteiger partial charge on any atom is -0.394 e. The van der Waals surface area contributed by atoms with E-state index in [0.29, 0.717) is 32.4 Å². The number of halogens is 2. The van der Waals surface area contributed by atoms with Gasteiger partial charge in [0.2, 0.25) is 0 Å². The zero-order chi connectivity index (χ0) is 61.6. The number of anilines is 2. The van der Waals surface area contributed by atoms with Crippen molar-refractivity contribution in [2.75, 3.05) is 73.2 Å². The lowest BCUT2D eigenvalue weighted by Crippen LogP contribution is -2.53. The van der Waals surface area contributed by atoms with Gasteiger partial charge in [-0.25, -0.2) is 10.5 Å². The van der Waals surface area contributed by atoms with E-state index in [2.05, 4.69) is 83.4 Å². The third kappa shape index (κ3) is 16.6. The molecule has 4 aromatic carbocycles. The molecule has 0 aliphatic heterocycles. The molecule has 0 aliphatic carbocycles. The van der Waals surface area contributed by atoms with E-state index in [-0.39, 0.29) is 36.1 Å². The molecule has 19 nitrogen and oxygen atoms in total. The van der Waals surface area contributed by atoms with E-state index in [1.54, 1.807) is 38.6 Å². The van der Waals surface area contributed by atoms with Gasteiger partial charge in [-0.2, -0.15) is 10.2 Å². The Morgan fingerprint density at radius 3 is 1.52 bits per heavy atom. The Morgan fingerprint density at radius 2 is 1.13 bits per heavy atom. The summed E-state index contributed by atoms with van der Waals surface area (Å²) in [7, 11) is 13.5. The van der Waals surface area contributed by atoms with Gasteiger partial charge in [0.05, 0.1) is 47.7 Å². The van der Waals surface area contributed by atoms with Crippen LogP contribution in [0.3, 0.4) is 0 Å². The Bertz CT molecular complexity index is 3450. The second kappa shape index (κ2) is 29.3. The van der Waals surface area contributed by atoms with E-state index < -0.39 is 12.1 Å². The molecule has 0 saturated heterocycles. The molecule has 12 N–H and O–H groups in total. The van der Waals surface area contributed by atoms with Crippen LogP contribution in [-0.2, 0) is 18.6 Å². The molecule has 0 aliphatic rings. The molecule has 0 saturated carbocycles. The van der Waals surface area contributed by atoms with Gasteiger partial charge in [0.25, 0.3) is 11.8 Å². The van der Waals surface area contributed by atoms with Gasteiger partial charge < -0.3 is 56.6 Å². The van der Waals surface area contributed by atoms with Crippen LogP contribution >= 0.6 is 35.4 Å². The fourth-order valence-electron chi connectivity index (χ4n) is 9.03. The molecule has 0 fully saturated rings. The van der Waals surface area contributed by atoms with Gasteiger partial charge in [0.1, 0.15) is 22.9 Å². The molecular weight excluding hydrogens is 1120 g/mol. The highest BCUT2D eigenvalue weighted by molar-refractivity contribution is 7.80. The lowest BCUT2D eigenvalue weighted by molar-refractivity contribution is 0.0905. The van der Waals surface area contributed by atoms with Gasteiger partial charge in [-0.3, -0.25) is 19.7 Å². The Balaban J connectivity index is 0.000000233. The second-order valence-corrected chi connectivity index (χ2v) is 23.7. The number of aliphatic hydroxyl groups excluding tert-OH is 2. The van der Waals surface area contributed by atoms with Crippen LogP contribution in [0.1, 0.15) is 96.9 Å². The molecule has 4 aromatic heterocycles. The molecule has 2 amide bonds. The molecule has 8 rings (SSSR count). The van der Waals surface area contributed by atoms with E-state index in [1.807, 2.05) is 152 Å². The molecule has 8 aromatic rings. The minimum absolute atomic E-state index is 0.111. The molecule has 84 heavy (non-hydrogen) atoms. The number of aromatic amines is 3. The fourth-order valence-corrected chi connectivity index (χ4v) is 9.79. The van der Waals surface area contributed by atoms with Gasteiger partial charge in [-0.1, -0.05) is 108 Å². The van der Waals surface area contributed by atoms with Crippen molar-refractivity contribution in [3.05, 3.63) is 165 Å². The fraction of sp³-hybridized carbons (Fsp3) is 0.339. The number of benzene rings is 4. The molecule has 4 heterocycles. The SMILES string of the molecule is CNC(=S)N(N)C(C)(C)C.CNc1c(-c2ccc(CN(C)C)c(Cl)c2)c(-c2c[nH]c(C(=O)NC(CO)c3ccccc3)c2)nn1C(C)(C)C.CNc1n[nH]c(-c2c[nH]c(C(=O)NC(CO)c3ccccc3)c2)c1-c1ccc(CN(C)C)c(Cl)c1. The van der Waals surface area contributed by atoms with Crippen LogP contribution in [0, 0.1) is 0 Å². The number of rotatable bonds is 18. The zero-order valence-electron chi connectivity index (χ0n) is 50.2. The quantitative estimate of drug-likeness (QED) is 0.0217. The van der Waals surface area contributed by atoms with E-state index >= 15 is 0 Å². The molecule has 2 atom stereocenters. The first-order valence-electron chi connectivity index (χ1n) is 27.4. The Hall–Kier alpha value is -7.53. The number of carbonyl (C=O) groups is 2. The summed E-state index contributed by atoms with van der Waals surface area (Å²) in [6.07, 6.45) is 3.54. The van der Waals surface area contributed by atoms with Gasteiger partial charge in [-0.15, -0.1) is 0 Å². The largest absolute Gasteiger partial charge is 0.394 e. The first-order chi connectivity index (χ1) is 39.8. The third-order valence-corrected chi connectivity index (χ3v) is 14.5. The molecule has 0 spiro atoms. The minimum atomic E-state index is -0.514. The average Bonchev–Trinajstić information content (AvgIpc) is 3.97. The van der Waals surface area contributed by atoms with E-state index in [4.69, 9.17) is 46.4 Å². The lowest BCUT2D eigenvalue weighted by Gasteiger charge is -2.32. The van der Waals surface area contributed by atoms with Crippen LogP contribution in [0.4, 0.5) is 11.6 Å². The topological polar surface area (TPSA) is 249 Å². The number of hydrogen-bond acceptors (Lipinski definition) is 12. The second-order valence-electron chi connectivity index (χ2n) is 22.5. The van der Waals surface area contributed by atoms with Crippen molar-refractivity contribution in [2.24, 2.45) is 5.84 Å². The van der Waals surface area contributed by atoms with Crippen LogP contribution in [0.15, 0.2) is 122 Å². The summed E-state index contributed by atoms with van der Waals surface area (Å²) < 4.78 is 1.96. The van der Waals surface area contributed by atoms with E-state index in [9.17, 15) is 19.8 Å². The molecule has 2 unspecified atom stereocenters. The molecule has 0 bridgehead atoms. The number of aromatic nitrogens is 6. The van der Waals surface area contributed by atoms with E-state index in [0.717, 1.165) is 85.9 Å². The molecular formula is C62H81Cl2N15O4S. The number of nitrogens with zero attached hydrogens (tertiary/aromatic N) is 6. The number of thiocarbonyl (C=S) groups is 1. The number of amides is 2. The number of hydrogen-bond donors (Lipinski definition) is 11. The predicted molar refractivity (Wildman–Crippen MR) is 345 cm³/mol. The van der Waals surface area contributed by atoms with Crippen molar-refractivity contribution in [1.29, 1.82) is 0 Å². The number of H-pyrrole nitrogens is 3. The van der Waals surface area contributed by atoms with Crippen molar-refractivity contribution in [3.8, 4) is 44.8 Å². The summed E-state index contributed by atoms with van der Waals surface area (Å²) in [5, 5.41) is 50.7. The van der Waals surface area contributed by atoms with Crippen LogP contribution in [0.25, 0.3) is 44.8 Å². The number of carbonyl (C=O) groups excluding carboxylic acids is 2. The lowest BCUT2D eigenvalue weighted by atomic mass is 10.00. The standard InChI is InChI=1S/C30H37ClN6O2.C26H29ClN6O2.C6H15N3S/c1-30(2,3)37-28(32-4)26(20-12-13-21(17-36(5)6)23(31)14-20)27(35-37)22-15-24(33-16-22)29(39)34-25(18-38)19-10-8-7-9-11-19;1-28-25-23(17-9-10-18(14-33(2)3)20(27)11-17)24(31-32-25)19-12-21(29-13-19)26(35)30-22(15-34)16-7-5-4-6-8-16;1-6(2,3)9(7)5(10)8-4/h7-16,25,32-33,38H,17-18H2,1-6H3,(H,34,39);4-13,22,29,34H,14-15H2,1-3H3,(H,30,35)(H2,28,31,32);7H2,1-4H3,(H,8,10). The maximum absolute atomic E-state index is 13.1. The number of hydrazine groups is 1. The van der Waals surface area contributed by atoms with Gasteiger partial charge in [0.15, 0.2) is 10.9 Å². The summed E-state index contributed by atoms with van der Waals surface area (Å²) in [5.41, 5.74) is 10.7. The Morgan fingerprint density at radius 1 is 0.667 bits per heavy atom. The van der Waals surface area contributed by atoms with Crippen molar-refractivity contribution in [3.63, 3.8) is 0 Å².